The minimum Gasteiger partial charge on any atom is -0.378 e. The highest BCUT2D eigenvalue weighted by Gasteiger charge is 2.36. The lowest BCUT2D eigenvalue weighted by Crippen LogP contribution is -2.27. The highest BCUT2D eigenvalue weighted by molar-refractivity contribution is 9.10. The van der Waals surface area contributed by atoms with Gasteiger partial charge in [0, 0.05) is 21.7 Å². The molecule has 0 radical (unpaired) electrons. The van der Waals surface area contributed by atoms with Crippen molar-refractivity contribution in [3.8, 4) is 5.75 Å². The van der Waals surface area contributed by atoms with Gasteiger partial charge in [0.15, 0.2) is 0 Å². The second-order valence-electron chi connectivity index (χ2n) is 7.19. The lowest BCUT2D eigenvalue weighted by atomic mass is 10.1. The second-order valence-corrected chi connectivity index (χ2v) is 10.6. The summed E-state index contributed by atoms with van der Waals surface area (Å²) in [5, 5.41) is 10.7. The minimum atomic E-state index is -4.15. The number of halogens is 1. The van der Waals surface area contributed by atoms with Gasteiger partial charge in [-0.1, -0.05) is 52.3 Å². The van der Waals surface area contributed by atoms with Gasteiger partial charge in [0.05, 0.1) is 16.4 Å². The monoisotopic (exact) mass is 574 g/mol. The molecule has 12 heteroatoms. The van der Waals surface area contributed by atoms with Crippen LogP contribution in [0.3, 0.4) is 0 Å². The maximum absolute atomic E-state index is 13.0. The Bertz CT molecular complexity index is 1470. The average molecular weight is 575 g/mol. The molecule has 9 nitrogen and oxygen atoms in total. The van der Waals surface area contributed by atoms with Gasteiger partial charge in [-0.3, -0.25) is 24.6 Å². The second kappa shape index (κ2) is 10.0. The van der Waals surface area contributed by atoms with E-state index in [9.17, 15) is 28.1 Å². The maximum Gasteiger partial charge on any atom is 0.339 e. The van der Waals surface area contributed by atoms with Crippen LogP contribution in [0.15, 0.2) is 87.1 Å². The molecule has 0 spiro atoms. The first-order valence-corrected chi connectivity index (χ1v) is 12.9. The van der Waals surface area contributed by atoms with E-state index < -0.39 is 26.2 Å². The number of nitro benzene ring substituents is 1. The Morgan fingerprint density at radius 2 is 1.71 bits per heavy atom. The number of nitro groups is 1. The Balaban J connectivity index is 1.64. The van der Waals surface area contributed by atoms with Crippen LogP contribution < -0.4 is 4.18 Å². The van der Waals surface area contributed by atoms with E-state index in [1.54, 1.807) is 36.4 Å². The summed E-state index contributed by atoms with van der Waals surface area (Å²) in [7, 11) is -4.15. The molecule has 0 atom stereocenters. The highest BCUT2D eigenvalue weighted by atomic mass is 79.9. The molecule has 0 aliphatic carbocycles. The molecule has 178 valence electrons. The Labute approximate surface area is 212 Å². The van der Waals surface area contributed by atoms with Crippen LogP contribution in [-0.2, 0) is 21.5 Å². The van der Waals surface area contributed by atoms with Gasteiger partial charge in [-0.25, -0.2) is 0 Å². The van der Waals surface area contributed by atoms with Crippen LogP contribution in [0.5, 0.6) is 5.75 Å². The topological polar surface area (TPSA) is 124 Å². The van der Waals surface area contributed by atoms with Crippen molar-refractivity contribution in [2.24, 2.45) is 0 Å². The van der Waals surface area contributed by atoms with Gasteiger partial charge in [0.2, 0.25) is 0 Å². The summed E-state index contributed by atoms with van der Waals surface area (Å²) in [5.41, 5.74) is 0.251. The smallest absolute Gasteiger partial charge is 0.339 e. The van der Waals surface area contributed by atoms with Crippen LogP contribution in [0, 0.1) is 10.1 Å². The van der Waals surface area contributed by atoms with Crippen molar-refractivity contribution in [2.75, 3.05) is 0 Å². The molecular weight excluding hydrogens is 560 g/mol. The first-order valence-electron chi connectivity index (χ1n) is 9.92. The zero-order valence-electron chi connectivity index (χ0n) is 17.7. The van der Waals surface area contributed by atoms with Crippen LogP contribution in [-0.4, -0.2) is 29.4 Å². The summed E-state index contributed by atoms with van der Waals surface area (Å²) in [5.74, 6) is -0.697. The molecule has 0 unspecified atom stereocenters. The van der Waals surface area contributed by atoms with Gasteiger partial charge < -0.3 is 4.18 Å². The number of carbonyl (C=O) groups is 2. The third-order valence-corrected chi connectivity index (χ3v) is 7.53. The Morgan fingerprint density at radius 1 is 1.03 bits per heavy atom. The molecule has 1 aliphatic rings. The standard InChI is InChI=1S/C23H15BrN2O7S2/c24-17-10-11-20(33-35(31,32)18-7-2-1-3-8-18)16(12-17)13-21-22(27)25(23(28)34-21)14-15-6-4-5-9-19(15)26(29)30/h1-13H,14H2/b21-13-. The normalized spacial score (nSPS) is 15.0. The van der Waals surface area contributed by atoms with Crippen molar-refractivity contribution in [3.63, 3.8) is 0 Å². The zero-order chi connectivity index (χ0) is 25.2. The Hall–Kier alpha value is -3.48. The third-order valence-electron chi connectivity index (χ3n) is 4.88. The number of hydrogen-bond acceptors (Lipinski definition) is 8. The lowest BCUT2D eigenvalue weighted by Gasteiger charge is -2.12. The molecule has 3 aromatic rings. The molecule has 0 N–H and O–H groups in total. The molecular formula is C23H15BrN2O7S2. The van der Waals surface area contributed by atoms with E-state index in [0.717, 1.165) is 4.90 Å². The average Bonchev–Trinajstić information content (AvgIpc) is 3.09. The van der Waals surface area contributed by atoms with Gasteiger partial charge in [-0.2, -0.15) is 8.42 Å². The lowest BCUT2D eigenvalue weighted by molar-refractivity contribution is -0.385. The first-order chi connectivity index (χ1) is 16.7. The van der Waals surface area contributed by atoms with E-state index in [1.165, 1.54) is 42.5 Å². The van der Waals surface area contributed by atoms with E-state index in [2.05, 4.69) is 15.9 Å². The third kappa shape index (κ3) is 5.45. The summed E-state index contributed by atoms with van der Waals surface area (Å²) in [4.78, 5) is 37.1. The van der Waals surface area contributed by atoms with Crippen LogP contribution >= 0.6 is 27.7 Å². The van der Waals surface area contributed by atoms with Gasteiger partial charge in [-0.15, -0.1) is 0 Å². The quantitative estimate of drug-likeness (QED) is 0.160. The highest BCUT2D eigenvalue weighted by Crippen LogP contribution is 2.37. The Kier molecular flexibility index (Phi) is 7.05. The number of imide groups is 1. The summed E-state index contributed by atoms with van der Waals surface area (Å²) in [6, 6.07) is 18.0. The number of rotatable bonds is 7. The van der Waals surface area contributed by atoms with Crippen LogP contribution in [0.1, 0.15) is 11.1 Å². The molecule has 1 aliphatic heterocycles. The number of benzene rings is 3. The zero-order valence-corrected chi connectivity index (χ0v) is 20.9. The van der Waals surface area contributed by atoms with Gasteiger partial charge in [-0.05, 0) is 48.2 Å². The fourth-order valence-electron chi connectivity index (χ4n) is 3.23. The fraction of sp³-hybridized carbons (Fsp3) is 0.0435. The SMILES string of the molecule is O=C1S/C(=C\c2cc(Br)ccc2OS(=O)(=O)c2ccccc2)C(=O)N1Cc1ccccc1[N+](=O)[O-]. The van der Waals surface area contributed by atoms with Crippen LogP contribution in [0.2, 0.25) is 0 Å². The van der Waals surface area contributed by atoms with Crippen LogP contribution in [0.25, 0.3) is 6.08 Å². The Morgan fingerprint density at radius 3 is 2.43 bits per heavy atom. The molecule has 1 saturated heterocycles. The van der Waals surface area contributed by atoms with Gasteiger partial charge in [0.1, 0.15) is 10.6 Å². The molecule has 2 amide bonds. The summed E-state index contributed by atoms with van der Waals surface area (Å²) < 4.78 is 31.3. The minimum absolute atomic E-state index is 0.0219. The molecule has 3 aromatic carbocycles. The summed E-state index contributed by atoms with van der Waals surface area (Å²) in [6.07, 6.45) is 1.35. The number of thioether (sulfide) groups is 1. The van der Waals surface area contributed by atoms with Crippen molar-refractivity contribution in [1.82, 2.24) is 4.90 Å². The predicted molar refractivity (Wildman–Crippen MR) is 133 cm³/mol. The van der Waals surface area contributed by atoms with Crippen molar-refractivity contribution in [2.45, 2.75) is 11.4 Å². The number of para-hydroxylation sites is 1. The number of carbonyl (C=O) groups excluding carboxylic acids is 2. The van der Waals surface area contributed by atoms with Gasteiger partial charge in [0.25, 0.3) is 16.8 Å². The summed E-state index contributed by atoms with van der Waals surface area (Å²) in [6.45, 7) is -0.274. The molecule has 4 rings (SSSR count). The van der Waals surface area contributed by atoms with Crippen LogP contribution in [0.4, 0.5) is 10.5 Å². The molecule has 0 bridgehead atoms. The molecule has 35 heavy (non-hydrogen) atoms. The van der Waals surface area contributed by atoms with Crippen molar-refractivity contribution in [3.05, 3.63) is 103 Å². The largest absolute Gasteiger partial charge is 0.378 e. The van der Waals surface area contributed by atoms with Crippen molar-refractivity contribution >= 4 is 60.7 Å². The predicted octanol–water partition coefficient (Wildman–Crippen LogP) is 5.36. The van der Waals surface area contributed by atoms with Crippen molar-refractivity contribution < 1.29 is 27.1 Å². The number of nitrogens with zero attached hydrogens (tertiary/aromatic N) is 2. The van der Waals surface area contributed by atoms with Crippen molar-refractivity contribution in [1.29, 1.82) is 0 Å². The molecule has 0 saturated carbocycles. The maximum atomic E-state index is 13.0. The van der Waals surface area contributed by atoms with E-state index in [-0.39, 0.29) is 38.9 Å². The van der Waals surface area contributed by atoms with Gasteiger partial charge >= 0.3 is 10.1 Å². The molecule has 1 heterocycles. The van der Waals surface area contributed by atoms with E-state index in [1.807, 2.05) is 0 Å². The van der Waals surface area contributed by atoms with E-state index in [0.29, 0.717) is 16.2 Å². The fourth-order valence-corrected chi connectivity index (χ4v) is 5.41. The first kappa shape index (κ1) is 24.6. The summed E-state index contributed by atoms with van der Waals surface area (Å²) >= 11 is 3.96. The number of hydrogen-bond donors (Lipinski definition) is 0. The van der Waals surface area contributed by atoms with E-state index in [4.69, 9.17) is 4.18 Å². The van der Waals surface area contributed by atoms with E-state index >= 15 is 0 Å². The molecule has 1 fully saturated rings. The number of amides is 2. The molecule has 0 aromatic heterocycles.